The van der Waals surface area contributed by atoms with Crippen LogP contribution >= 0.6 is 23.2 Å². The molecule has 2 aromatic rings. The average Bonchev–Trinajstić information content (AvgIpc) is 2.88. The lowest BCUT2D eigenvalue weighted by Gasteiger charge is -2.22. The molecule has 1 fully saturated rings. The van der Waals surface area contributed by atoms with E-state index < -0.39 is 17.7 Å². The Kier molecular flexibility index (Phi) is 5.63. The van der Waals surface area contributed by atoms with Crippen LogP contribution in [0.4, 0.5) is 10.1 Å². The Morgan fingerprint density at radius 1 is 1.11 bits per heavy atom. The summed E-state index contributed by atoms with van der Waals surface area (Å²) in [6, 6.07) is 10.4. The van der Waals surface area contributed by atoms with Gasteiger partial charge in [-0.05, 0) is 35.9 Å². The second-order valence-electron chi connectivity index (χ2n) is 6.55. The van der Waals surface area contributed by atoms with Gasteiger partial charge in [-0.2, -0.15) is 0 Å². The van der Waals surface area contributed by atoms with Gasteiger partial charge in [-0.3, -0.25) is 4.79 Å². The molecule has 0 spiro atoms. The van der Waals surface area contributed by atoms with E-state index in [0.29, 0.717) is 16.3 Å². The Bertz CT molecular complexity index is 957. The minimum absolute atomic E-state index is 0.110. The van der Waals surface area contributed by atoms with Crippen LogP contribution in [0.3, 0.4) is 0 Å². The van der Waals surface area contributed by atoms with E-state index in [-0.39, 0.29) is 23.1 Å². The van der Waals surface area contributed by atoms with Crippen LogP contribution in [0, 0.1) is 5.82 Å². The van der Waals surface area contributed by atoms with Gasteiger partial charge in [-0.15, -0.1) is 0 Å². The largest absolute Gasteiger partial charge is 0.445 e. The minimum atomic E-state index is -1.14. The number of halogens is 3. The molecule has 1 aliphatic rings. The Hall–Kier alpha value is -2.57. The van der Waals surface area contributed by atoms with Crippen molar-refractivity contribution < 1.29 is 23.5 Å². The van der Waals surface area contributed by atoms with Crippen molar-refractivity contribution in [3.63, 3.8) is 0 Å². The second kappa shape index (κ2) is 7.81. The quantitative estimate of drug-likeness (QED) is 0.520. The number of amides is 1. The summed E-state index contributed by atoms with van der Waals surface area (Å²) in [5.74, 6) is -2.99. The Balaban J connectivity index is 1.95. The smallest absolute Gasteiger partial charge is 0.377 e. The van der Waals surface area contributed by atoms with Gasteiger partial charge >= 0.3 is 5.97 Å². The molecule has 8 heteroatoms. The topological polar surface area (TPSA) is 55.8 Å². The highest BCUT2D eigenvalue weighted by molar-refractivity contribution is 6.42. The third kappa shape index (κ3) is 4.64. The van der Waals surface area contributed by atoms with Crippen LogP contribution in [0.1, 0.15) is 19.4 Å². The molecule has 1 saturated heterocycles. The molecule has 146 valence electrons. The van der Waals surface area contributed by atoms with Gasteiger partial charge in [-0.25, -0.2) is 9.18 Å². The SMILES string of the molecule is CC1(C)OC(=O)/C(=C\C(=O)N(Cc2ccc(F)cc2)c2ccc(Cl)c(Cl)c2)O1. The number of nitrogens with zero attached hydrogens (tertiary/aromatic N) is 1. The number of cyclic esters (lactones) is 1. The van der Waals surface area contributed by atoms with Crippen molar-refractivity contribution in [1.82, 2.24) is 0 Å². The van der Waals surface area contributed by atoms with Crippen molar-refractivity contribution in [2.24, 2.45) is 0 Å². The van der Waals surface area contributed by atoms with Crippen LogP contribution in [0.5, 0.6) is 0 Å². The summed E-state index contributed by atoms with van der Waals surface area (Å²) in [5.41, 5.74) is 1.13. The highest BCUT2D eigenvalue weighted by Crippen LogP contribution is 2.30. The third-order valence-electron chi connectivity index (χ3n) is 3.88. The van der Waals surface area contributed by atoms with Crippen LogP contribution in [-0.2, 0) is 25.6 Å². The summed E-state index contributed by atoms with van der Waals surface area (Å²) < 4.78 is 23.6. The molecule has 1 aliphatic heterocycles. The van der Waals surface area contributed by atoms with Gasteiger partial charge in [0.1, 0.15) is 5.82 Å². The molecule has 0 N–H and O–H groups in total. The zero-order valence-corrected chi connectivity index (χ0v) is 16.6. The van der Waals surface area contributed by atoms with Gasteiger partial charge in [0, 0.05) is 19.5 Å². The van der Waals surface area contributed by atoms with Crippen LogP contribution in [0.15, 0.2) is 54.3 Å². The van der Waals surface area contributed by atoms with E-state index in [1.165, 1.54) is 23.1 Å². The predicted molar refractivity (Wildman–Crippen MR) is 103 cm³/mol. The van der Waals surface area contributed by atoms with Crippen molar-refractivity contribution in [3.8, 4) is 0 Å². The number of hydrogen-bond donors (Lipinski definition) is 0. The second-order valence-corrected chi connectivity index (χ2v) is 7.36. The van der Waals surface area contributed by atoms with Crippen LogP contribution < -0.4 is 4.90 Å². The summed E-state index contributed by atoms with van der Waals surface area (Å²) in [4.78, 5) is 26.2. The third-order valence-corrected chi connectivity index (χ3v) is 4.62. The number of rotatable bonds is 4. The number of anilines is 1. The Morgan fingerprint density at radius 3 is 2.36 bits per heavy atom. The van der Waals surface area contributed by atoms with Gasteiger partial charge in [0.25, 0.3) is 5.91 Å². The molecule has 3 rings (SSSR count). The predicted octanol–water partition coefficient (Wildman–Crippen LogP) is 4.86. The maximum Gasteiger partial charge on any atom is 0.377 e. The molecule has 1 heterocycles. The highest BCUT2D eigenvalue weighted by Gasteiger charge is 2.38. The lowest BCUT2D eigenvalue weighted by atomic mass is 10.2. The zero-order valence-electron chi connectivity index (χ0n) is 15.0. The van der Waals surface area contributed by atoms with Crippen molar-refractivity contribution in [1.29, 1.82) is 0 Å². The molecule has 2 aromatic carbocycles. The van der Waals surface area contributed by atoms with E-state index >= 15 is 0 Å². The fraction of sp³-hybridized carbons (Fsp3) is 0.200. The van der Waals surface area contributed by atoms with Crippen molar-refractivity contribution in [2.45, 2.75) is 26.2 Å². The lowest BCUT2D eigenvalue weighted by Crippen LogP contribution is -2.29. The molecule has 0 saturated carbocycles. The molecule has 0 bridgehead atoms. The van der Waals surface area contributed by atoms with Gasteiger partial charge in [-0.1, -0.05) is 35.3 Å². The summed E-state index contributed by atoms with van der Waals surface area (Å²) in [6.07, 6.45) is 1.06. The molecule has 0 aliphatic carbocycles. The van der Waals surface area contributed by atoms with E-state index in [9.17, 15) is 14.0 Å². The summed E-state index contributed by atoms with van der Waals surface area (Å²) in [6.45, 7) is 3.23. The highest BCUT2D eigenvalue weighted by atomic mass is 35.5. The maximum atomic E-state index is 13.2. The molecule has 28 heavy (non-hydrogen) atoms. The van der Waals surface area contributed by atoms with Gasteiger partial charge in [0.2, 0.25) is 11.5 Å². The fourth-order valence-corrected chi connectivity index (χ4v) is 2.89. The normalized spacial score (nSPS) is 16.6. The maximum absolute atomic E-state index is 13.2. The Morgan fingerprint density at radius 2 is 1.79 bits per heavy atom. The number of hydrogen-bond acceptors (Lipinski definition) is 4. The molecular formula is C20H16Cl2FNO4. The first-order valence-corrected chi connectivity index (χ1v) is 9.05. The molecule has 0 radical (unpaired) electrons. The lowest BCUT2D eigenvalue weighted by molar-refractivity contribution is -0.159. The molecule has 0 atom stereocenters. The van der Waals surface area contributed by atoms with E-state index in [0.717, 1.165) is 6.08 Å². The van der Waals surface area contributed by atoms with Crippen LogP contribution in [0.25, 0.3) is 0 Å². The van der Waals surface area contributed by atoms with E-state index in [1.807, 2.05) is 0 Å². The molecular weight excluding hydrogens is 408 g/mol. The molecule has 5 nitrogen and oxygen atoms in total. The standard InChI is InChI=1S/C20H16Cl2FNO4/c1-20(2)27-17(19(26)28-20)10-18(25)24(11-12-3-5-13(23)6-4-12)14-7-8-15(21)16(22)9-14/h3-10H,11H2,1-2H3/b17-10+. The summed E-state index contributed by atoms with van der Waals surface area (Å²) >= 11 is 12.0. The number of ether oxygens (including phenoxy) is 2. The minimum Gasteiger partial charge on any atom is -0.445 e. The van der Waals surface area contributed by atoms with Crippen LogP contribution in [0.2, 0.25) is 10.0 Å². The zero-order chi connectivity index (χ0) is 20.5. The van der Waals surface area contributed by atoms with Gasteiger partial charge in [0.05, 0.1) is 22.7 Å². The average molecular weight is 424 g/mol. The summed E-state index contributed by atoms with van der Waals surface area (Å²) in [5, 5.41) is 0.601. The number of esters is 1. The van der Waals surface area contributed by atoms with Gasteiger partial charge in [0.15, 0.2) is 0 Å². The fourth-order valence-electron chi connectivity index (χ4n) is 2.60. The summed E-state index contributed by atoms with van der Waals surface area (Å²) in [7, 11) is 0. The number of benzene rings is 2. The molecule has 0 unspecified atom stereocenters. The van der Waals surface area contributed by atoms with E-state index in [4.69, 9.17) is 32.7 Å². The van der Waals surface area contributed by atoms with Crippen LogP contribution in [-0.4, -0.2) is 17.7 Å². The van der Waals surface area contributed by atoms with E-state index in [2.05, 4.69) is 0 Å². The number of carbonyl (C=O) groups excluding carboxylic acids is 2. The van der Waals surface area contributed by atoms with Gasteiger partial charge < -0.3 is 14.4 Å². The first kappa shape index (κ1) is 20.2. The van der Waals surface area contributed by atoms with Crippen molar-refractivity contribution >= 4 is 40.8 Å². The number of carbonyl (C=O) groups is 2. The van der Waals surface area contributed by atoms with E-state index in [1.54, 1.807) is 38.1 Å². The Labute approximate surface area is 171 Å². The first-order chi connectivity index (χ1) is 13.1. The van der Waals surface area contributed by atoms with Crippen molar-refractivity contribution in [2.75, 3.05) is 4.90 Å². The molecule has 1 amide bonds. The molecule has 0 aromatic heterocycles. The first-order valence-electron chi connectivity index (χ1n) is 8.30. The van der Waals surface area contributed by atoms with Crippen molar-refractivity contribution in [3.05, 3.63) is 75.7 Å². The monoisotopic (exact) mass is 423 g/mol.